The van der Waals surface area contributed by atoms with Crippen molar-refractivity contribution in [3.63, 3.8) is 0 Å². The van der Waals surface area contributed by atoms with Crippen LogP contribution in [0.25, 0.3) is 0 Å². The SMILES string of the molecule is Cc1ccc(N2CCN(CCO)CC2)c(C(=N)N)c1. The Morgan fingerprint density at radius 3 is 2.58 bits per heavy atom. The molecule has 0 spiro atoms. The fourth-order valence-electron chi connectivity index (χ4n) is 2.50. The zero-order chi connectivity index (χ0) is 13.8. The van der Waals surface area contributed by atoms with Crippen molar-refractivity contribution in [3.05, 3.63) is 29.3 Å². The van der Waals surface area contributed by atoms with Crippen LogP contribution in [0.2, 0.25) is 0 Å². The van der Waals surface area contributed by atoms with Gasteiger partial charge in [0.15, 0.2) is 0 Å². The van der Waals surface area contributed by atoms with E-state index in [1.54, 1.807) is 0 Å². The molecule has 0 aromatic heterocycles. The Morgan fingerprint density at radius 2 is 2.00 bits per heavy atom. The molecule has 5 nitrogen and oxygen atoms in total. The molecule has 104 valence electrons. The van der Waals surface area contributed by atoms with E-state index in [0.717, 1.165) is 49.5 Å². The Bertz CT molecular complexity index is 453. The predicted molar refractivity (Wildman–Crippen MR) is 77.9 cm³/mol. The summed E-state index contributed by atoms with van der Waals surface area (Å²) in [5.74, 6) is 0.122. The van der Waals surface area contributed by atoms with Gasteiger partial charge in [0.1, 0.15) is 5.84 Å². The highest BCUT2D eigenvalue weighted by Crippen LogP contribution is 2.23. The Hall–Kier alpha value is -1.59. The van der Waals surface area contributed by atoms with E-state index < -0.39 is 0 Å². The lowest BCUT2D eigenvalue weighted by molar-refractivity contribution is 0.189. The first-order valence-corrected chi connectivity index (χ1v) is 6.65. The molecule has 0 radical (unpaired) electrons. The Morgan fingerprint density at radius 1 is 1.32 bits per heavy atom. The van der Waals surface area contributed by atoms with E-state index >= 15 is 0 Å². The quantitative estimate of drug-likeness (QED) is 0.542. The number of β-amino-alcohol motifs (C(OH)–C–C–N with tert-alkyl or cyclic N) is 1. The van der Waals surface area contributed by atoms with Crippen LogP contribution in [0.1, 0.15) is 11.1 Å². The average Bonchev–Trinajstić information content (AvgIpc) is 2.40. The van der Waals surface area contributed by atoms with Gasteiger partial charge in [0.25, 0.3) is 0 Å². The second-order valence-electron chi connectivity index (χ2n) is 4.99. The molecule has 19 heavy (non-hydrogen) atoms. The summed E-state index contributed by atoms with van der Waals surface area (Å²) in [6, 6.07) is 6.08. The maximum Gasteiger partial charge on any atom is 0.124 e. The summed E-state index contributed by atoms with van der Waals surface area (Å²) in [6.07, 6.45) is 0. The smallest absolute Gasteiger partial charge is 0.124 e. The summed E-state index contributed by atoms with van der Waals surface area (Å²) in [5, 5.41) is 16.7. The van der Waals surface area contributed by atoms with Crippen molar-refractivity contribution in [2.45, 2.75) is 6.92 Å². The first-order valence-electron chi connectivity index (χ1n) is 6.65. The van der Waals surface area contributed by atoms with Crippen LogP contribution in [0, 0.1) is 12.3 Å². The molecule has 1 fully saturated rings. The van der Waals surface area contributed by atoms with Gasteiger partial charge in [-0.2, -0.15) is 0 Å². The van der Waals surface area contributed by atoms with Gasteiger partial charge in [-0.15, -0.1) is 0 Å². The van der Waals surface area contributed by atoms with Crippen molar-refractivity contribution in [1.82, 2.24) is 4.90 Å². The lowest BCUT2D eigenvalue weighted by Gasteiger charge is -2.36. The van der Waals surface area contributed by atoms with Gasteiger partial charge in [-0.25, -0.2) is 0 Å². The van der Waals surface area contributed by atoms with Gasteiger partial charge in [0.05, 0.1) is 6.61 Å². The second kappa shape index (κ2) is 6.04. The van der Waals surface area contributed by atoms with E-state index in [4.69, 9.17) is 16.2 Å². The van der Waals surface area contributed by atoms with Crippen LogP contribution in [0.4, 0.5) is 5.69 Å². The molecular weight excluding hydrogens is 240 g/mol. The predicted octanol–water partition coefficient (Wildman–Crippen LogP) is 0.393. The number of aliphatic hydroxyl groups excluding tert-OH is 1. The summed E-state index contributed by atoms with van der Waals surface area (Å²) >= 11 is 0. The molecule has 0 bridgehead atoms. The Balaban J connectivity index is 2.13. The van der Waals surface area contributed by atoms with Gasteiger partial charge in [-0.05, 0) is 19.1 Å². The molecule has 0 aliphatic carbocycles. The van der Waals surface area contributed by atoms with Crippen molar-refractivity contribution in [2.75, 3.05) is 44.2 Å². The third kappa shape index (κ3) is 3.24. The van der Waals surface area contributed by atoms with Gasteiger partial charge in [-0.3, -0.25) is 10.3 Å². The molecule has 0 atom stereocenters. The van der Waals surface area contributed by atoms with E-state index in [1.165, 1.54) is 0 Å². The highest BCUT2D eigenvalue weighted by molar-refractivity contribution is 6.00. The molecule has 1 aliphatic heterocycles. The van der Waals surface area contributed by atoms with Gasteiger partial charge < -0.3 is 15.7 Å². The fourth-order valence-corrected chi connectivity index (χ4v) is 2.50. The third-order valence-corrected chi connectivity index (χ3v) is 3.57. The first-order chi connectivity index (χ1) is 9.11. The molecule has 1 aliphatic rings. The van der Waals surface area contributed by atoms with Crippen molar-refractivity contribution in [3.8, 4) is 0 Å². The van der Waals surface area contributed by atoms with Crippen molar-refractivity contribution < 1.29 is 5.11 Å². The number of amidine groups is 1. The third-order valence-electron chi connectivity index (χ3n) is 3.57. The lowest BCUT2D eigenvalue weighted by atomic mass is 10.1. The van der Waals surface area contributed by atoms with Crippen LogP contribution in [0.15, 0.2) is 18.2 Å². The Labute approximate surface area is 114 Å². The minimum atomic E-state index is 0.122. The van der Waals surface area contributed by atoms with Crippen LogP contribution >= 0.6 is 0 Å². The van der Waals surface area contributed by atoms with Crippen LogP contribution in [0.3, 0.4) is 0 Å². The molecule has 1 heterocycles. The summed E-state index contributed by atoms with van der Waals surface area (Å²) < 4.78 is 0. The first kappa shape index (κ1) is 13.8. The highest BCUT2D eigenvalue weighted by atomic mass is 16.3. The monoisotopic (exact) mass is 262 g/mol. The zero-order valence-corrected chi connectivity index (χ0v) is 11.4. The molecule has 1 saturated heterocycles. The molecule has 0 unspecified atom stereocenters. The fraction of sp³-hybridized carbons (Fsp3) is 0.500. The van der Waals surface area contributed by atoms with E-state index in [2.05, 4.69) is 15.9 Å². The number of piperazine rings is 1. The van der Waals surface area contributed by atoms with Crippen LogP contribution in [-0.2, 0) is 0 Å². The zero-order valence-electron chi connectivity index (χ0n) is 11.4. The number of aliphatic hydroxyl groups is 1. The molecule has 4 N–H and O–H groups in total. The van der Waals surface area contributed by atoms with Crippen molar-refractivity contribution in [1.29, 1.82) is 5.41 Å². The number of anilines is 1. The van der Waals surface area contributed by atoms with Gasteiger partial charge in [0.2, 0.25) is 0 Å². The van der Waals surface area contributed by atoms with Gasteiger partial charge >= 0.3 is 0 Å². The van der Waals surface area contributed by atoms with E-state index in [-0.39, 0.29) is 12.4 Å². The molecule has 2 rings (SSSR count). The van der Waals surface area contributed by atoms with Crippen molar-refractivity contribution in [2.24, 2.45) is 5.73 Å². The van der Waals surface area contributed by atoms with Crippen LogP contribution in [0.5, 0.6) is 0 Å². The standard InChI is InChI=1S/C14H22N4O/c1-11-2-3-13(12(10-11)14(15)16)18-6-4-17(5-7-18)8-9-19/h2-3,10,19H,4-9H2,1H3,(H3,15,16). The Kier molecular flexibility index (Phi) is 4.39. The summed E-state index contributed by atoms with van der Waals surface area (Å²) in [5.41, 5.74) is 8.66. The van der Waals surface area contributed by atoms with E-state index in [1.807, 2.05) is 19.1 Å². The summed E-state index contributed by atoms with van der Waals surface area (Å²) in [4.78, 5) is 4.52. The molecule has 1 aromatic rings. The van der Waals surface area contributed by atoms with Gasteiger partial charge in [0, 0.05) is 44.0 Å². The number of hydrogen-bond donors (Lipinski definition) is 3. The second-order valence-corrected chi connectivity index (χ2v) is 4.99. The van der Waals surface area contributed by atoms with Gasteiger partial charge in [-0.1, -0.05) is 11.6 Å². The minimum absolute atomic E-state index is 0.122. The molecule has 5 heteroatoms. The minimum Gasteiger partial charge on any atom is -0.395 e. The maximum absolute atomic E-state index is 8.95. The molecule has 1 aromatic carbocycles. The normalized spacial score (nSPS) is 16.6. The maximum atomic E-state index is 8.95. The molecule has 0 amide bonds. The van der Waals surface area contributed by atoms with E-state index in [9.17, 15) is 0 Å². The van der Waals surface area contributed by atoms with Crippen molar-refractivity contribution >= 4 is 11.5 Å². The molecular formula is C14H22N4O. The van der Waals surface area contributed by atoms with Crippen LogP contribution in [-0.4, -0.2) is 55.2 Å². The summed E-state index contributed by atoms with van der Waals surface area (Å²) in [7, 11) is 0. The van der Waals surface area contributed by atoms with Crippen LogP contribution < -0.4 is 10.6 Å². The largest absolute Gasteiger partial charge is 0.395 e. The van der Waals surface area contributed by atoms with E-state index in [0.29, 0.717) is 0 Å². The summed E-state index contributed by atoms with van der Waals surface area (Å²) in [6.45, 7) is 6.64. The average molecular weight is 262 g/mol. The number of nitrogen functional groups attached to an aromatic ring is 1. The number of nitrogens with zero attached hydrogens (tertiary/aromatic N) is 2. The number of aryl methyl sites for hydroxylation is 1. The number of hydrogen-bond acceptors (Lipinski definition) is 4. The lowest BCUT2D eigenvalue weighted by Crippen LogP contribution is -2.47. The number of benzene rings is 1. The molecule has 0 saturated carbocycles. The topological polar surface area (TPSA) is 76.6 Å². The number of nitrogens with one attached hydrogen (secondary N) is 1. The number of nitrogens with two attached hydrogens (primary N) is 1. The highest BCUT2D eigenvalue weighted by Gasteiger charge is 2.19. The number of rotatable bonds is 4.